The van der Waals surface area contributed by atoms with Gasteiger partial charge in [-0.3, -0.25) is 10.1 Å². The average Bonchev–Trinajstić information content (AvgIpc) is 3.16. The molecule has 0 aliphatic carbocycles. The first-order chi connectivity index (χ1) is 13.2. The lowest BCUT2D eigenvalue weighted by molar-refractivity contribution is -0.111. The molecule has 0 aliphatic heterocycles. The van der Waals surface area contributed by atoms with Crippen LogP contribution in [-0.4, -0.2) is 37.9 Å². The van der Waals surface area contributed by atoms with Gasteiger partial charge in [0.2, 0.25) is 0 Å². The molecule has 2 rings (SSSR count). The first-order valence-corrected chi connectivity index (χ1v) is 11.5. The number of benzene rings is 1. The number of carbonyl (C=O) groups excluding carboxylic acids is 1. The first-order valence-electron chi connectivity index (χ1n) is 8.72. The van der Waals surface area contributed by atoms with Crippen molar-refractivity contribution in [1.82, 2.24) is 4.98 Å². The Kier molecular flexibility index (Phi) is 7.82. The zero-order chi connectivity index (χ0) is 20.7. The van der Waals surface area contributed by atoms with Gasteiger partial charge in [0.15, 0.2) is 15.0 Å². The van der Waals surface area contributed by atoms with E-state index in [0.29, 0.717) is 10.7 Å². The number of amides is 1. The predicted molar refractivity (Wildman–Crippen MR) is 108 cm³/mol. The molecule has 1 N–H and O–H groups in total. The van der Waals surface area contributed by atoms with E-state index >= 15 is 0 Å². The number of carbonyl (C=O) groups is 1. The molecule has 0 radical (unpaired) electrons. The molecule has 28 heavy (non-hydrogen) atoms. The number of halogens is 2. The number of allylic oxidation sites excluding steroid dienone is 1. The zero-order valence-corrected chi connectivity index (χ0v) is 17.2. The van der Waals surface area contributed by atoms with E-state index in [4.69, 9.17) is 0 Å². The number of nitrogens with zero attached hydrogens (tertiary/aromatic N) is 1. The van der Waals surface area contributed by atoms with E-state index in [9.17, 15) is 22.0 Å². The second kappa shape index (κ2) is 9.88. The van der Waals surface area contributed by atoms with Crippen molar-refractivity contribution < 1.29 is 22.0 Å². The van der Waals surface area contributed by atoms with E-state index < -0.39 is 28.1 Å². The molecule has 0 bridgehead atoms. The molecule has 0 saturated carbocycles. The van der Waals surface area contributed by atoms with Crippen LogP contribution in [0.2, 0.25) is 0 Å². The van der Waals surface area contributed by atoms with E-state index in [2.05, 4.69) is 10.3 Å². The van der Waals surface area contributed by atoms with Crippen molar-refractivity contribution in [3.8, 4) is 0 Å². The quantitative estimate of drug-likeness (QED) is 0.599. The highest BCUT2D eigenvalue weighted by Crippen LogP contribution is 2.23. The molecule has 0 saturated heterocycles. The van der Waals surface area contributed by atoms with Crippen molar-refractivity contribution in [2.75, 3.05) is 11.6 Å². The summed E-state index contributed by atoms with van der Waals surface area (Å²) in [6.45, 7) is 1.57. The van der Waals surface area contributed by atoms with Crippen molar-refractivity contribution in [3.05, 3.63) is 47.5 Å². The van der Waals surface area contributed by atoms with Gasteiger partial charge in [-0.05, 0) is 37.0 Å². The minimum Gasteiger partial charge on any atom is -0.298 e. The predicted octanol–water partition coefficient (Wildman–Crippen LogP) is 4.44. The number of rotatable bonds is 9. The molecule has 5 nitrogen and oxygen atoms in total. The van der Waals surface area contributed by atoms with Gasteiger partial charge in [-0.15, -0.1) is 11.3 Å². The summed E-state index contributed by atoms with van der Waals surface area (Å²) >= 11 is 1.25. The highest BCUT2D eigenvalue weighted by molar-refractivity contribution is 7.90. The number of thiazole rings is 1. The van der Waals surface area contributed by atoms with Gasteiger partial charge >= 0.3 is 0 Å². The molecular weight excluding hydrogens is 406 g/mol. The highest BCUT2D eigenvalue weighted by atomic mass is 32.2. The van der Waals surface area contributed by atoms with Gasteiger partial charge in [-0.1, -0.05) is 25.1 Å². The Hall–Kier alpha value is -2.13. The SMILES string of the molecule is CC[C@H](F)[C@H](F)CC/C=C(/C(=O)Nc1nccs1)c1ccc(S(C)(=O)=O)cc1. The molecule has 1 amide bonds. The lowest BCUT2D eigenvalue weighted by Crippen LogP contribution is -2.16. The Bertz CT molecular complexity index is 911. The van der Waals surface area contributed by atoms with Crippen LogP contribution in [0.25, 0.3) is 5.57 Å². The molecule has 1 heterocycles. The fourth-order valence-corrected chi connectivity index (χ4v) is 3.65. The van der Waals surface area contributed by atoms with Gasteiger partial charge < -0.3 is 0 Å². The van der Waals surface area contributed by atoms with Crippen molar-refractivity contribution in [3.63, 3.8) is 0 Å². The third-order valence-electron chi connectivity index (χ3n) is 4.06. The normalized spacial score (nSPS) is 14.5. The maximum Gasteiger partial charge on any atom is 0.257 e. The number of aromatic nitrogens is 1. The molecule has 9 heteroatoms. The van der Waals surface area contributed by atoms with Gasteiger partial charge in [0.05, 0.1) is 4.90 Å². The van der Waals surface area contributed by atoms with Gasteiger partial charge in [-0.25, -0.2) is 22.2 Å². The van der Waals surface area contributed by atoms with Gasteiger partial charge in [-0.2, -0.15) is 0 Å². The van der Waals surface area contributed by atoms with Crippen LogP contribution in [-0.2, 0) is 14.6 Å². The summed E-state index contributed by atoms with van der Waals surface area (Å²) in [4.78, 5) is 16.8. The molecular formula is C19H22F2N2O3S2. The summed E-state index contributed by atoms with van der Waals surface area (Å²) < 4.78 is 50.4. The van der Waals surface area contributed by atoms with Crippen molar-refractivity contribution in [2.45, 2.75) is 43.4 Å². The molecule has 0 spiro atoms. The van der Waals surface area contributed by atoms with Crippen molar-refractivity contribution >= 4 is 37.8 Å². The second-order valence-electron chi connectivity index (χ2n) is 6.22. The topological polar surface area (TPSA) is 76.1 Å². The molecule has 1 aromatic carbocycles. The number of sulfone groups is 1. The Morgan fingerprint density at radius 2 is 1.93 bits per heavy atom. The molecule has 2 aromatic rings. The molecule has 0 unspecified atom stereocenters. The van der Waals surface area contributed by atoms with Crippen LogP contribution < -0.4 is 5.32 Å². The zero-order valence-electron chi connectivity index (χ0n) is 15.6. The van der Waals surface area contributed by atoms with Gasteiger partial charge in [0.1, 0.15) is 12.3 Å². The van der Waals surface area contributed by atoms with Crippen LogP contribution in [0, 0.1) is 0 Å². The summed E-state index contributed by atoms with van der Waals surface area (Å²) in [7, 11) is -3.37. The number of hydrogen-bond donors (Lipinski definition) is 1. The maximum absolute atomic E-state index is 13.8. The Labute approximate surface area is 167 Å². The Morgan fingerprint density at radius 3 is 2.46 bits per heavy atom. The number of anilines is 1. The smallest absolute Gasteiger partial charge is 0.257 e. The van der Waals surface area contributed by atoms with Crippen LogP contribution >= 0.6 is 11.3 Å². The molecule has 2 atom stereocenters. The van der Waals surface area contributed by atoms with Gasteiger partial charge in [0, 0.05) is 23.4 Å². The fraction of sp³-hybridized carbons (Fsp3) is 0.368. The summed E-state index contributed by atoms with van der Waals surface area (Å²) in [5.41, 5.74) is 0.721. The third-order valence-corrected chi connectivity index (χ3v) is 5.88. The Morgan fingerprint density at radius 1 is 1.25 bits per heavy atom. The number of nitrogens with one attached hydrogen (secondary N) is 1. The second-order valence-corrected chi connectivity index (χ2v) is 9.13. The first kappa shape index (κ1) is 22.2. The lowest BCUT2D eigenvalue weighted by Gasteiger charge is -2.12. The van der Waals surface area contributed by atoms with E-state index in [0.717, 1.165) is 6.26 Å². The van der Waals surface area contributed by atoms with Crippen LogP contribution in [0.4, 0.5) is 13.9 Å². The van der Waals surface area contributed by atoms with E-state index in [-0.39, 0.29) is 29.7 Å². The van der Waals surface area contributed by atoms with E-state index in [1.54, 1.807) is 18.5 Å². The van der Waals surface area contributed by atoms with Crippen molar-refractivity contribution in [1.29, 1.82) is 0 Å². The molecule has 0 aliphatic rings. The average molecular weight is 429 g/mol. The van der Waals surface area contributed by atoms with Crippen molar-refractivity contribution in [2.24, 2.45) is 0 Å². The van der Waals surface area contributed by atoms with Crippen LogP contribution in [0.15, 0.2) is 46.8 Å². The summed E-state index contributed by atoms with van der Waals surface area (Å²) in [5.74, 6) is -0.454. The lowest BCUT2D eigenvalue weighted by atomic mass is 10.0. The Balaban J connectivity index is 2.24. The number of alkyl halides is 2. The van der Waals surface area contributed by atoms with E-state index in [1.807, 2.05) is 0 Å². The molecule has 152 valence electrons. The summed E-state index contributed by atoms with van der Waals surface area (Å²) in [5, 5.41) is 4.76. The molecule has 0 fully saturated rings. The van der Waals surface area contributed by atoms with Crippen LogP contribution in [0.3, 0.4) is 0 Å². The highest BCUT2D eigenvalue weighted by Gasteiger charge is 2.19. The van der Waals surface area contributed by atoms with E-state index in [1.165, 1.54) is 41.7 Å². The fourth-order valence-electron chi connectivity index (χ4n) is 2.50. The number of hydrogen-bond acceptors (Lipinski definition) is 5. The standard InChI is InChI=1S/C19H22F2N2O3S2/c1-3-16(20)17(21)6-4-5-15(18(24)23-19-22-11-12-27-19)13-7-9-14(10-8-13)28(2,25)26/h5,7-12,16-17H,3-4,6H2,1-2H3,(H,22,23,24)/b15-5+/t16-,17+/m0/s1. The van der Waals surface area contributed by atoms with Gasteiger partial charge in [0.25, 0.3) is 5.91 Å². The summed E-state index contributed by atoms with van der Waals surface area (Å²) in [6.07, 6.45) is 1.25. The van der Waals surface area contributed by atoms with Crippen LogP contribution in [0.1, 0.15) is 31.7 Å². The largest absolute Gasteiger partial charge is 0.298 e. The maximum atomic E-state index is 13.8. The summed E-state index contributed by atoms with van der Waals surface area (Å²) in [6, 6.07) is 5.84. The third kappa shape index (κ3) is 6.20. The molecule has 1 aromatic heterocycles. The van der Waals surface area contributed by atoms with Crippen LogP contribution in [0.5, 0.6) is 0 Å². The minimum absolute atomic E-state index is 0.0511. The minimum atomic E-state index is -3.37. The monoisotopic (exact) mass is 428 g/mol.